The number of hydrogen-bond acceptors (Lipinski definition) is 2. The molecule has 5 nitrogen and oxygen atoms in total. The highest BCUT2D eigenvalue weighted by molar-refractivity contribution is 5.85. The van der Waals surface area contributed by atoms with E-state index in [0.717, 1.165) is 5.69 Å². The average molecular weight is 271 g/mol. The molecule has 0 saturated heterocycles. The molecule has 1 aliphatic rings. The second-order valence-electron chi connectivity index (χ2n) is 2.34. The Morgan fingerprint density at radius 3 is 2.25 bits per heavy atom. The third-order valence-corrected chi connectivity index (χ3v) is 1.58. The summed E-state index contributed by atoms with van der Waals surface area (Å²) in [6.45, 7) is 0. The number of rotatable bonds is 0. The molecule has 0 saturated carbocycles. The standard InChI is InChI=1S/C9H8N2.2ClH.3H2O/c1-2-6-9-8(4-1)5-3-7-10-11-9;;;;;/h1-7,11H;2*1H;3*1H2. The van der Waals surface area contributed by atoms with E-state index in [9.17, 15) is 0 Å². The lowest BCUT2D eigenvalue weighted by atomic mass is 10.2. The van der Waals surface area contributed by atoms with Crippen LogP contribution in [0.2, 0.25) is 0 Å². The fraction of sp³-hybridized carbons (Fsp3) is 0. The third-order valence-electron chi connectivity index (χ3n) is 1.58. The van der Waals surface area contributed by atoms with Crippen LogP contribution in [0.25, 0.3) is 6.08 Å². The lowest BCUT2D eigenvalue weighted by Crippen LogP contribution is -1.87. The summed E-state index contributed by atoms with van der Waals surface area (Å²) in [5.74, 6) is 0. The summed E-state index contributed by atoms with van der Waals surface area (Å²) < 4.78 is 0. The van der Waals surface area contributed by atoms with Gasteiger partial charge >= 0.3 is 0 Å². The largest absolute Gasteiger partial charge is 0.412 e. The topological polar surface area (TPSA) is 119 Å². The Bertz CT molecular complexity index is 332. The summed E-state index contributed by atoms with van der Waals surface area (Å²) in [6.07, 6.45) is 5.68. The maximum absolute atomic E-state index is 3.95. The first-order valence-corrected chi connectivity index (χ1v) is 3.51. The molecule has 0 fully saturated rings. The number of para-hydroxylation sites is 1. The highest BCUT2D eigenvalue weighted by atomic mass is 35.5. The van der Waals surface area contributed by atoms with Crippen molar-refractivity contribution in [2.45, 2.75) is 0 Å². The minimum atomic E-state index is 0. The Hall–Kier alpha value is -1.11. The lowest BCUT2D eigenvalue weighted by molar-refractivity contribution is 0.823. The summed E-state index contributed by atoms with van der Waals surface area (Å²) in [6, 6.07) is 8.05. The molecule has 7 N–H and O–H groups in total. The van der Waals surface area contributed by atoms with E-state index >= 15 is 0 Å². The molecule has 1 heterocycles. The first kappa shape index (κ1) is 24.2. The van der Waals surface area contributed by atoms with Gasteiger partial charge in [-0.05, 0) is 17.7 Å². The smallest absolute Gasteiger partial charge is 0.0634 e. The van der Waals surface area contributed by atoms with Crippen molar-refractivity contribution < 1.29 is 16.4 Å². The monoisotopic (exact) mass is 270 g/mol. The lowest BCUT2D eigenvalue weighted by Gasteiger charge is -2.00. The van der Waals surface area contributed by atoms with E-state index < -0.39 is 0 Å². The molecule has 0 unspecified atom stereocenters. The summed E-state index contributed by atoms with van der Waals surface area (Å²) in [7, 11) is 0. The van der Waals surface area contributed by atoms with Gasteiger partial charge in [-0.1, -0.05) is 24.3 Å². The van der Waals surface area contributed by atoms with Crippen LogP contribution in [0.15, 0.2) is 35.4 Å². The fourth-order valence-electron chi connectivity index (χ4n) is 1.04. The van der Waals surface area contributed by atoms with Gasteiger partial charge in [-0.2, -0.15) is 5.10 Å². The molecular weight excluding hydrogens is 255 g/mol. The van der Waals surface area contributed by atoms with Crippen LogP contribution in [0.5, 0.6) is 0 Å². The van der Waals surface area contributed by atoms with E-state index in [0.29, 0.717) is 0 Å². The third kappa shape index (κ3) is 5.69. The van der Waals surface area contributed by atoms with E-state index in [1.165, 1.54) is 5.56 Å². The molecule has 0 amide bonds. The Balaban J connectivity index is -0.000000144. The Labute approximate surface area is 106 Å². The van der Waals surface area contributed by atoms with Crippen LogP contribution in [0.3, 0.4) is 0 Å². The number of anilines is 1. The molecule has 0 aromatic heterocycles. The van der Waals surface area contributed by atoms with E-state index in [-0.39, 0.29) is 41.2 Å². The average Bonchev–Trinajstić information content (AvgIpc) is 2.28. The second kappa shape index (κ2) is 12.0. The molecule has 0 spiro atoms. The number of hydrazone groups is 1. The van der Waals surface area contributed by atoms with Crippen molar-refractivity contribution in [2.24, 2.45) is 5.10 Å². The molecule has 0 aliphatic carbocycles. The summed E-state index contributed by atoms with van der Waals surface area (Å²) in [4.78, 5) is 0. The van der Waals surface area contributed by atoms with Gasteiger partial charge in [-0.15, -0.1) is 24.8 Å². The number of allylic oxidation sites excluding steroid dienone is 1. The number of nitrogens with zero attached hydrogens (tertiary/aromatic N) is 1. The van der Waals surface area contributed by atoms with Gasteiger partial charge in [-0.25, -0.2) is 0 Å². The molecule has 1 aliphatic heterocycles. The summed E-state index contributed by atoms with van der Waals surface area (Å²) >= 11 is 0. The Kier molecular flexibility index (Phi) is 18.1. The molecule has 1 aromatic carbocycles. The number of fused-ring (bicyclic) bond motifs is 1. The Morgan fingerprint density at radius 2 is 1.56 bits per heavy atom. The summed E-state index contributed by atoms with van der Waals surface area (Å²) in [5.41, 5.74) is 5.16. The first-order valence-electron chi connectivity index (χ1n) is 3.51. The second-order valence-corrected chi connectivity index (χ2v) is 2.34. The number of nitrogens with one attached hydrogen (secondary N) is 1. The molecule has 94 valence electrons. The van der Waals surface area contributed by atoms with E-state index in [2.05, 4.69) is 10.5 Å². The molecular formula is C9H16Cl2N2O3. The van der Waals surface area contributed by atoms with Gasteiger partial charge in [0.05, 0.1) is 5.69 Å². The van der Waals surface area contributed by atoms with Gasteiger partial charge in [0.15, 0.2) is 0 Å². The van der Waals surface area contributed by atoms with Crippen molar-refractivity contribution in [3.05, 3.63) is 35.9 Å². The van der Waals surface area contributed by atoms with Crippen LogP contribution >= 0.6 is 24.8 Å². The van der Waals surface area contributed by atoms with E-state index in [1.807, 2.05) is 36.4 Å². The normalized spacial score (nSPS) is 9.25. The molecule has 0 atom stereocenters. The van der Waals surface area contributed by atoms with Gasteiger partial charge in [0.25, 0.3) is 0 Å². The molecule has 0 bridgehead atoms. The van der Waals surface area contributed by atoms with Gasteiger partial charge in [0.1, 0.15) is 0 Å². The molecule has 16 heavy (non-hydrogen) atoms. The number of hydrogen-bond donors (Lipinski definition) is 1. The highest BCUT2D eigenvalue weighted by Crippen LogP contribution is 2.17. The first-order chi connectivity index (χ1) is 5.47. The summed E-state index contributed by atoms with van der Waals surface area (Å²) in [5, 5.41) is 3.95. The van der Waals surface area contributed by atoms with Gasteiger partial charge in [0, 0.05) is 6.21 Å². The highest BCUT2D eigenvalue weighted by Gasteiger charge is 1.96. The van der Waals surface area contributed by atoms with Gasteiger partial charge in [-0.3, -0.25) is 5.43 Å². The Morgan fingerprint density at radius 1 is 0.938 bits per heavy atom. The molecule has 1 aromatic rings. The van der Waals surface area contributed by atoms with Crippen LogP contribution < -0.4 is 5.43 Å². The number of halogens is 2. The predicted molar refractivity (Wildman–Crippen MR) is 72.9 cm³/mol. The van der Waals surface area contributed by atoms with Crippen molar-refractivity contribution in [1.29, 1.82) is 0 Å². The van der Waals surface area contributed by atoms with Crippen LogP contribution in [0, 0.1) is 0 Å². The zero-order chi connectivity index (χ0) is 7.52. The maximum atomic E-state index is 3.95. The number of benzene rings is 1. The van der Waals surface area contributed by atoms with Crippen LogP contribution in [0.1, 0.15) is 5.56 Å². The van der Waals surface area contributed by atoms with Crippen LogP contribution in [0.4, 0.5) is 5.69 Å². The van der Waals surface area contributed by atoms with Crippen molar-refractivity contribution in [3.8, 4) is 0 Å². The van der Waals surface area contributed by atoms with Crippen molar-refractivity contribution >= 4 is 42.8 Å². The molecule has 7 heteroatoms. The van der Waals surface area contributed by atoms with Crippen molar-refractivity contribution in [2.75, 3.05) is 5.43 Å². The van der Waals surface area contributed by atoms with Gasteiger partial charge in [0.2, 0.25) is 0 Å². The molecule has 2 rings (SSSR count). The van der Waals surface area contributed by atoms with Gasteiger partial charge < -0.3 is 16.4 Å². The van der Waals surface area contributed by atoms with Crippen LogP contribution in [-0.4, -0.2) is 22.6 Å². The van der Waals surface area contributed by atoms with E-state index in [4.69, 9.17) is 0 Å². The quantitative estimate of drug-likeness (QED) is 0.725. The van der Waals surface area contributed by atoms with Crippen molar-refractivity contribution in [1.82, 2.24) is 0 Å². The molecule has 0 radical (unpaired) electrons. The van der Waals surface area contributed by atoms with E-state index in [1.54, 1.807) is 6.21 Å². The minimum Gasteiger partial charge on any atom is -0.412 e. The van der Waals surface area contributed by atoms with Crippen LogP contribution in [-0.2, 0) is 0 Å². The maximum Gasteiger partial charge on any atom is 0.0634 e. The minimum absolute atomic E-state index is 0. The zero-order valence-corrected chi connectivity index (χ0v) is 9.94. The zero-order valence-electron chi connectivity index (χ0n) is 8.31. The SMILES string of the molecule is C1=Cc2ccccc2NN=C1.Cl.Cl.O.O.O. The van der Waals surface area contributed by atoms with Crippen molar-refractivity contribution in [3.63, 3.8) is 0 Å². The predicted octanol–water partition coefficient (Wildman–Crippen LogP) is 0.481. The fourth-order valence-corrected chi connectivity index (χ4v) is 1.04.